The van der Waals surface area contributed by atoms with Crippen molar-refractivity contribution in [1.29, 1.82) is 0 Å². The number of aromatic nitrogens is 3. The number of nitrogens with one attached hydrogen (secondary N) is 1. The average Bonchev–Trinajstić information content (AvgIpc) is 2.90. The maximum absolute atomic E-state index is 5.58. The number of hydrogen-bond acceptors (Lipinski definition) is 4. The molecule has 96 valence electrons. The second-order valence-electron chi connectivity index (χ2n) is 5.04. The van der Waals surface area contributed by atoms with E-state index in [1.54, 1.807) is 4.68 Å². The molecule has 0 spiro atoms. The Balaban J connectivity index is 1.96. The van der Waals surface area contributed by atoms with E-state index in [9.17, 15) is 0 Å². The lowest BCUT2D eigenvalue weighted by Gasteiger charge is -2.26. The van der Waals surface area contributed by atoms with Gasteiger partial charge in [-0.1, -0.05) is 12.1 Å². The summed E-state index contributed by atoms with van der Waals surface area (Å²) in [6.07, 6.45) is 5.24. The standard InChI is InChI=1S/C12H22N4O/c1-3-5-13-9-12(4-6-17-10-12)7-11-8-16(2)15-14-11/h8,13H,3-7,9-10H2,1-2H3. The molecule has 5 nitrogen and oxygen atoms in total. The van der Waals surface area contributed by atoms with Crippen LogP contribution in [-0.2, 0) is 18.2 Å². The molecule has 1 atom stereocenters. The molecule has 1 aromatic rings. The SMILES string of the molecule is CCCNCC1(Cc2cn(C)nn2)CCOC1. The zero-order valence-electron chi connectivity index (χ0n) is 10.8. The third-order valence-corrected chi connectivity index (χ3v) is 3.32. The Labute approximate surface area is 103 Å². The molecule has 0 aromatic carbocycles. The van der Waals surface area contributed by atoms with E-state index >= 15 is 0 Å². The topological polar surface area (TPSA) is 52.0 Å². The van der Waals surface area contributed by atoms with Gasteiger partial charge in [-0.15, -0.1) is 5.10 Å². The van der Waals surface area contributed by atoms with E-state index < -0.39 is 0 Å². The van der Waals surface area contributed by atoms with Crippen LogP contribution in [0.15, 0.2) is 6.20 Å². The van der Waals surface area contributed by atoms with Crippen LogP contribution in [0, 0.1) is 5.41 Å². The zero-order valence-corrected chi connectivity index (χ0v) is 10.8. The van der Waals surface area contributed by atoms with Crippen molar-refractivity contribution < 1.29 is 4.74 Å². The van der Waals surface area contributed by atoms with Gasteiger partial charge in [-0.3, -0.25) is 4.68 Å². The molecule has 5 heteroatoms. The normalized spacial score (nSPS) is 24.4. The molecule has 0 radical (unpaired) electrons. The van der Waals surface area contributed by atoms with E-state index in [0.29, 0.717) is 0 Å². The highest BCUT2D eigenvalue weighted by molar-refractivity contribution is 5.01. The first-order chi connectivity index (χ1) is 8.24. The van der Waals surface area contributed by atoms with Crippen LogP contribution in [0.3, 0.4) is 0 Å². The summed E-state index contributed by atoms with van der Waals surface area (Å²) in [5, 5.41) is 11.7. The summed E-state index contributed by atoms with van der Waals surface area (Å²) < 4.78 is 7.34. The first kappa shape index (κ1) is 12.5. The Bertz CT molecular complexity index is 344. The van der Waals surface area contributed by atoms with Crippen molar-refractivity contribution in [1.82, 2.24) is 20.3 Å². The fraction of sp³-hybridized carbons (Fsp3) is 0.833. The summed E-state index contributed by atoms with van der Waals surface area (Å²) in [4.78, 5) is 0. The molecule has 1 aromatic heterocycles. The molecule has 1 saturated heterocycles. The smallest absolute Gasteiger partial charge is 0.0833 e. The molecule has 2 rings (SSSR count). The molecule has 2 heterocycles. The highest BCUT2D eigenvalue weighted by Gasteiger charge is 2.35. The van der Waals surface area contributed by atoms with Gasteiger partial charge in [0, 0.05) is 38.2 Å². The fourth-order valence-corrected chi connectivity index (χ4v) is 2.38. The van der Waals surface area contributed by atoms with E-state index in [1.807, 2.05) is 13.2 Å². The van der Waals surface area contributed by atoms with Gasteiger partial charge in [0.05, 0.1) is 12.3 Å². The minimum atomic E-state index is 0.213. The molecular weight excluding hydrogens is 216 g/mol. The molecule has 0 bridgehead atoms. The van der Waals surface area contributed by atoms with Gasteiger partial charge in [-0.05, 0) is 19.4 Å². The van der Waals surface area contributed by atoms with E-state index in [4.69, 9.17) is 4.74 Å². The van der Waals surface area contributed by atoms with E-state index in [-0.39, 0.29) is 5.41 Å². The largest absolute Gasteiger partial charge is 0.381 e. The van der Waals surface area contributed by atoms with Crippen LogP contribution in [0.1, 0.15) is 25.5 Å². The van der Waals surface area contributed by atoms with Crippen LogP contribution in [-0.4, -0.2) is 41.3 Å². The molecule has 1 unspecified atom stereocenters. The highest BCUT2D eigenvalue weighted by Crippen LogP contribution is 2.31. The molecular formula is C12H22N4O. The second kappa shape index (κ2) is 5.60. The van der Waals surface area contributed by atoms with E-state index in [2.05, 4.69) is 22.6 Å². The van der Waals surface area contributed by atoms with Crippen molar-refractivity contribution >= 4 is 0 Å². The van der Waals surface area contributed by atoms with Gasteiger partial charge in [0.2, 0.25) is 0 Å². The maximum Gasteiger partial charge on any atom is 0.0833 e. The Morgan fingerprint density at radius 3 is 3.06 bits per heavy atom. The van der Waals surface area contributed by atoms with Crippen molar-refractivity contribution in [3.05, 3.63) is 11.9 Å². The lowest BCUT2D eigenvalue weighted by atomic mass is 9.82. The van der Waals surface area contributed by atoms with Crippen LogP contribution in [0.2, 0.25) is 0 Å². The number of rotatable bonds is 6. The van der Waals surface area contributed by atoms with Gasteiger partial charge in [-0.25, -0.2) is 0 Å². The molecule has 1 fully saturated rings. The van der Waals surface area contributed by atoms with Crippen molar-refractivity contribution in [2.75, 3.05) is 26.3 Å². The Morgan fingerprint density at radius 2 is 2.47 bits per heavy atom. The number of nitrogens with zero attached hydrogens (tertiary/aromatic N) is 3. The van der Waals surface area contributed by atoms with Crippen LogP contribution in [0.5, 0.6) is 0 Å². The van der Waals surface area contributed by atoms with Crippen molar-refractivity contribution in [2.24, 2.45) is 12.5 Å². The summed E-state index contributed by atoms with van der Waals surface area (Å²) in [6.45, 7) is 5.97. The van der Waals surface area contributed by atoms with Crippen LogP contribution in [0.25, 0.3) is 0 Å². The van der Waals surface area contributed by atoms with Gasteiger partial charge >= 0.3 is 0 Å². The van der Waals surface area contributed by atoms with E-state index in [1.165, 1.54) is 6.42 Å². The Kier molecular flexibility index (Phi) is 4.12. The zero-order chi connectivity index (χ0) is 12.1. The molecule has 0 amide bonds. The quantitative estimate of drug-likeness (QED) is 0.744. The van der Waals surface area contributed by atoms with E-state index in [0.717, 1.165) is 44.8 Å². The minimum absolute atomic E-state index is 0.213. The summed E-state index contributed by atoms with van der Waals surface area (Å²) in [7, 11) is 1.91. The highest BCUT2D eigenvalue weighted by atomic mass is 16.5. The Hall–Kier alpha value is -0.940. The summed E-state index contributed by atoms with van der Waals surface area (Å²) in [5.74, 6) is 0. The molecule has 1 aliphatic heterocycles. The third-order valence-electron chi connectivity index (χ3n) is 3.32. The molecule has 0 saturated carbocycles. The fourth-order valence-electron chi connectivity index (χ4n) is 2.38. The number of hydrogen-bond donors (Lipinski definition) is 1. The minimum Gasteiger partial charge on any atom is -0.381 e. The predicted molar refractivity (Wildman–Crippen MR) is 65.7 cm³/mol. The van der Waals surface area contributed by atoms with Crippen molar-refractivity contribution in [3.63, 3.8) is 0 Å². The monoisotopic (exact) mass is 238 g/mol. The number of ether oxygens (including phenoxy) is 1. The van der Waals surface area contributed by atoms with Gasteiger partial charge < -0.3 is 10.1 Å². The molecule has 0 aliphatic carbocycles. The lowest BCUT2D eigenvalue weighted by Crippen LogP contribution is -2.37. The van der Waals surface area contributed by atoms with Crippen molar-refractivity contribution in [3.8, 4) is 0 Å². The first-order valence-corrected chi connectivity index (χ1v) is 6.38. The maximum atomic E-state index is 5.58. The molecule has 17 heavy (non-hydrogen) atoms. The summed E-state index contributed by atoms with van der Waals surface area (Å²) >= 11 is 0. The second-order valence-corrected chi connectivity index (χ2v) is 5.04. The van der Waals surface area contributed by atoms with Gasteiger partial charge in [0.1, 0.15) is 0 Å². The van der Waals surface area contributed by atoms with Crippen LogP contribution < -0.4 is 5.32 Å². The predicted octanol–water partition coefficient (Wildman–Crippen LogP) is 0.764. The van der Waals surface area contributed by atoms with Gasteiger partial charge in [-0.2, -0.15) is 0 Å². The van der Waals surface area contributed by atoms with Gasteiger partial charge in [0.15, 0.2) is 0 Å². The van der Waals surface area contributed by atoms with Crippen LogP contribution in [0.4, 0.5) is 0 Å². The van der Waals surface area contributed by atoms with Gasteiger partial charge in [0.25, 0.3) is 0 Å². The van der Waals surface area contributed by atoms with Crippen LogP contribution >= 0.6 is 0 Å². The third kappa shape index (κ3) is 3.26. The molecule has 1 aliphatic rings. The molecule has 1 N–H and O–H groups in total. The summed E-state index contributed by atoms with van der Waals surface area (Å²) in [6, 6.07) is 0. The lowest BCUT2D eigenvalue weighted by molar-refractivity contribution is 0.149. The Morgan fingerprint density at radius 1 is 1.59 bits per heavy atom. The number of aryl methyl sites for hydroxylation is 1. The van der Waals surface area contributed by atoms with Crippen molar-refractivity contribution in [2.45, 2.75) is 26.2 Å². The first-order valence-electron chi connectivity index (χ1n) is 6.38. The average molecular weight is 238 g/mol. The summed E-state index contributed by atoms with van der Waals surface area (Å²) in [5.41, 5.74) is 1.28.